The second-order valence-electron chi connectivity index (χ2n) is 5.18. The predicted octanol–water partition coefficient (Wildman–Crippen LogP) is 3.95. The van der Waals surface area contributed by atoms with E-state index in [4.69, 9.17) is 0 Å². The maximum atomic E-state index is 13.4. The summed E-state index contributed by atoms with van der Waals surface area (Å²) in [5.74, 6) is -1.10. The highest BCUT2D eigenvalue weighted by Gasteiger charge is 2.15. The number of nitrogens with one attached hydrogen (secondary N) is 1. The molecule has 1 atom stereocenters. The number of nitrogens with zero attached hydrogens (tertiary/aromatic N) is 1. The summed E-state index contributed by atoms with van der Waals surface area (Å²) >= 11 is 0. The number of aromatic nitrogens is 1. The number of rotatable bonds is 6. The van der Waals surface area contributed by atoms with Gasteiger partial charge < -0.3 is 5.32 Å². The van der Waals surface area contributed by atoms with Gasteiger partial charge in [0.25, 0.3) is 0 Å². The number of hydrogen-bond donors (Lipinski definition) is 1. The van der Waals surface area contributed by atoms with Crippen molar-refractivity contribution in [2.45, 2.75) is 32.7 Å². The summed E-state index contributed by atoms with van der Waals surface area (Å²) in [6.45, 7) is 4.84. The molecule has 0 aliphatic rings. The molecule has 4 heteroatoms. The molecule has 0 bridgehead atoms. The first-order valence-electron chi connectivity index (χ1n) is 7.20. The van der Waals surface area contributed by atoms with Crippen molar-refractivity contribution in [2.75, 3.05) is 6.54 Å². The molecule has 2 rings (SSSR count). The fraction of sp³-hybridized carbons (Fsp3) is 0.353. The lowest BCUT2D eigenvalue weighted by atomic mass is 9.99. The van der Waals surface area contributed by atoms with E-state index in [1.807, 2.05) is 19.1 Å². The Kier molecular flexibility index (Phi) is 5.39. The van der Waals surface area contributed by atoms with Crippen LogP contribution in [0, 0.1) is 18.6 Å². The Labute approximate surface area is 124 Å². The third-order valence-electron chi connectivity index (χ3n) is 3.44. The van der Waals surface area contributed by atoms with Gasteiger partial charge in [0.2, 0.25) is 0 Å². The van der Waals surface area contributed by atoms with Gasteiger partial charge in [-0.05, 0) is 49.2 Å². The van der Waals surface area contributed by atoms with Crippen LogP contribution in [0.2, 0.25) is 0 Å². The molecular weight excluding hydrogens is 270 g/mol. The average molecular weight is 290 g/mol. The molecule has 0 fully saturated rings. The zero-order valence-electron chi connectivity index (χ0n) is 12.4. The maximum Gasteiger partial charge on any atom is 0.126 e. The van der Waals surface area contributed by atoms with Crippen molar-refractivity contribution in [1.29, 1.82) is 0 Å². The minimum Gasteiger partial charge on any atom is -0.310 e. The predicted molar refractivity (Wildman–Crippen MR) is 80.1 cm³/mol. The van der Waals surface area contributed by atoms with Gasteiger partial charge in [0, 0.05) is 30.4 Å². The molecule has 1 unspecified atom stereocenters. The van der Waals surface area contributed by atoms with E-state index < -0.39 is 11.6 Å². The van der Waals surface area contributed by atoms with Gasteiger partial charge in [0.1, 0.15) is 11.6 Å². The highest BCUT2D eigenvalue weighted by molar-refractivity contribution is 5.25. The smallest absolute Gasteiger partial charge is 0.126 e. The van der Waals surface area contributed by atoms with E-state index in [1.165, 1.54) is 12.1 Å². The van der Waals surface area contributed by atoms with Gasteiger partial charge in [-0.25, -0.2) is 8.78 Å². The number of hydrogen-bond acceptors (Lipinski definition) is 2. The van der Waals surface area contributed by atoms with Gasteiger partial charge in [0.15, 0.2) is 0 Å². The Morgan fingerprint density at radius 2 is 1.90 bits per heavy atom. The van der Waals surface area contributed by atoms with E-state index in [-0.39, 0.29) is 6.04 Å². The highest BCUT2D eigenvalue weighted by Crippen LogP contribution is 2.21. The Hall–Kier alpha value is -1.81. The van der Waals surface area contributed by atoms with Crippen LogP contribution in [-0.2, 0) is 6.42 Å². The summed E-state index contributed by atoms with van der Waals surface area (Å²) in [4.78, 5) is 4.37. The summed E-state index contributed by atoms with van der Waals surface area (Å²) in [6, 6.07) is 7.39. The molecule has 1 heterocycles. The Morgan fingerprint density at radius 3 is 2.52 bits per heavy atom. The summed E-state index contributed by atoms with van der Waals surface area (Å²) in [5, 5.41) is 3.34. The molecule has 2 nitrogen and oxygen atoms in total. The summed E-state index contributed by atoms with van der Waals surface area (Å²) in [7, 11) is 0. The quantitative estimate of drug-likeness (QED) is 0.871. The molecule has 0 spiro atoms. The van der Waals surface area contributed by atoms with Gasteiger partial charge in [-0.2, -0.15) is 0 Å². The molecule has 1 N–H and O–H groups in total. The van der Waals surface area contributed by atoms with Crippen molar-refractivity contribution in [3.63, 3.8) is 0 Å². The van der Waals surface area contributed by atoms with Crippen LogP contribution in [0.3, 0.4) is 0 Å². The Morgan fingerprint density at radius 1 is 1.19 bits per heavy atom. The van der Waals surface area contributed by atoms with Gasteiger partial charge in [-0.15, -0.1) is 0 Å². The third kappa shape index (κ3) is 4.33. The fourth-order valence-corrected chi connectivity index (χ4v) is 2.33. The fourth-order valence-electron chi connectivity index (χ4n) is 2.33. The van der Waals surface area contributed by atoms with Gasteiger partial charge >= 0.3 is 0 Å². The molecule has 1 aromatic heterocycles. The molecule has 0 radical (unpaired) electrons. The van der Waals surface area contributed by atoms with E-state index in [9.17, 15) is 8.78 Å². The topological polar surface area (TPSA) is 24.9 Å². The zero-order chi connectivity index (χ0) is 15.2. The van der Waals surface area contributed by atoms with Crippen LogP contribution < -0.4 is 5.32 Å². The summed E-state index contributed by atoms with van der Waals surface area (Å²) in [6.07, 6.45) is 3.30. The van der Waals surface area contributed by atoms with Crippen molar-refractivity contribution in [3.8, 4) is 0 Å². The van der Waals surface area contributed by atoms with Crippen molar-refractivity contribution in [1.82, 2.24) is 10.3 Å². The molecule has 0 saturated heterocycles. The first-order valence-corrected chi connectivity index (χ1v) is 7.20. The first-order chi connectivity index (χ1) is 10.1. The van der Waals surface area contributed by atoms with E-state index in [0.717, 1.165) is 30.3 Å². The first kappa shape index (κ1) is 15.6. The second-order valence-corrected chi connectivity index (χ2v) is 5.18. The molecule has 0 amide bonds. The number of pyridine rings is 1. The average Bonchev–Trinajstić information content (AvgIpc) is 2.44. The van der Waals surface area contributed by atoms with Gasteiger partial charge in [0.05, 0.1) is 0 Å². The van der Waals surface area contributed by atoms with Crippen molar-refractivity contribution < 1.29 is 8.78 Å². The van der Waals surface area contributed by atoms with E-state index in [2.05, 4.69) is 17.2 Å². The molecule has 0 saturated carbocycles. The highest BCUT2D eigenvalue weighted by atomic mass is 19.1. The Bertz CT molecular complexity index is 579. The van der Waals surface area contributed by atoms with Gasteiger partial charge in [-0.3, -0.25) is 4.98 Å². The molecule has 2 aromatic rings. The van der Waals surface area contributed by atoms with Crippen LogP contribution in [0.5, 0.6) is 0 Å². The normalized spacial score (nSPS) is 12.4. The third-order valence-corrected chi connectivity index (χ3v) is 3.44. The minimum absolute atomic E-state index is 0.149. The van der Waals surface area contributed by atoms with Crippen LogP contribution in [0.25, 0.3) is 0 Å². The number of aryl methyl sites for hydroxylation is 1. The van der Waals surface area contributed by atoms with Crippen molar-refractivity contribution >= 4 is 0 Å². The monoisotopic (exact) mass is 290 g/mol. The van der Waals surface area contributed by atoms with Gasteiger partial charge in [-0.1, -0.05) is 13.0 Å². The lowest BCUT2D eigenvalue weighted by molar-refractivity contribution is 0.510. The van der Waals surface area contributed by atoms with Crippen molar-refractivity contribution in [2.24, 2.45) is 0 Å². The van der Waals surface area contributed by atoms with E-state index in [0.29, 0.717) is 12.0 Å². The van der Waals surface area contributed by atoms with Crippen molar-refractivity contribution in [3.05, 3.63) is 65.0 Å². The molecule has 0 aliphatic carbocycles. The zero-order valence-corrected chi connectivity index (χ0v) is 12.4. The van der Waals surface area contributed by atoms with E-state index in [1.54, 1.807) is 6.20 Å². The summed E-state index contributed by atoms with van der Waals surface area (Å²) in [5.41, 5.74) is 2.64. The van der Waals surface area contributed by atoms with Crippen LogP contribution >= 0.6 is 0 Å². The van der Waals surface area contributed by atoms with Crippen LogP contribution in [-0.4, -0.2) is 11.5 Å². The molecular formula is C17H20F2N2. The molecule has 21 heavy (non-hydrogen) atoms. The molecule has 1 aromatic carbocycles. The Balaban J connectivity index is 2.27. The number of halogens is 2. The largest absolute Gasteiger partial charge is 0.310 e. The maximum absolute atomic E-state index is 13.4. The molecule has 112 valence electrons. The lowest BCUT2D eigenvalue weighted by Crippen LogP contribution is -2.25. The lowest BCUT2D eigenvalue weighted by Gasteiger charge is -2.20. The second kappa shape index (κ2) is 7.27. The standard InChI is InChI=1S/C17H20F2N2/c1-3-6-20-17(11-16-12(2)5-4-7-21-16)13-8-14(18)10-15(19)9-13/h4-5,7-10,17,20H,3,6,11H2,1-2H3. The van der Waals surface area contributed by atoms with Crippen LogP contribution in [0.1, 0.15) is 36.2 Å². The van der Waals surface area contributed by atoms with Crippen LogP contribution in [0.4, 0.5) is 8.78 Å². The summed E-state index contributed by atoms with van der Waals surface area (Å²) < 4.78 is 26.9. The van der Waals surface area contributed by atoms with Crippen LogP contribution in [0.15, 0.2) is 36.5 Å². The molecule has 0 aliphatic heterocycles. The van der Waals surface area contributed by atoms with E-state index >= 15 is 0 Å². The SMILES string of the molecule is CCCNC(Cc1ncccc1C)c1cc(F)cc(F)c1. The number of benzene rings is 1. The minimum atomic E-state index is -0.550.